The van der Waals surface area contributed by atoms with Crippen LogP contribution in [0.1, 0.15) is 38.5 Å². The van der Waals surface area contributed by atoms with Crippen LogP contribution in [-0.4, -0.2) is 6.67 Å². The van der Waals surface area contributed by atoms with E-state index in [-0.39, 0.29) is 6.67 Å². The van der Waals surface area contributed by atoms with E-state index in [9.17, 15) is 4.39 Å². The molecule has 0 nitrogen and oxygen atoms in total. The van der Waals surface area contributed by atoms with Crippen molar-refractivity contribution in [3.8, 4) is 0 Å². The third kappa shape index (κ3) is 2.33. The summed E-state index contributed by atoms with van der Waals surface area (Å²) in [5.41, 5.74) is 0. The third-order valence-corrected chi connectivity index (χ3v) is 2.00. The molecule has 0 N–H and O–H groups in total. The topological polar surface area (TPSA) is 0 Å². The van der Waals surface area contributed by atoms with Crippen LogP contribution < -0.4 is 0 Å². The lowest BCUT2D eigenvalue weighted by molar-refractivity contribution is 0.470. The standard InChI is InChI=1S/C8H14F/c9-7-8-5-3-1-2-4-6-8/h1-7H2. The fraction of sp³-hybridized carbons (Fsp3) is 0.875. The average Bonchev–Trinajstić information content (AvgIpc) is 2.13. The molecule has 0 spiro atoms. The van der Waals surface area contributed by atoms with Gasteiger partial charge in [-0.05, 0) is 12.8 Å². The first kappa shape index (κ1) is 7.04. The van der Waals surface area contributed by atoms with E-state index in [0.717, 1.165) is 18.8 Å². The fourth-order valence-corrected chi connectivity index (χ4v) is 1.36. The van der Waals surface area contributed by atoms with Crippen LogP contribution in [0.3, 0.4) is 0 Å². The van der Waals surface area contributed by atoms with Crippen molar-refractivity contribution >= 4 is 0 Å². The molecule has 1 radical (unpaired) electrons. The zero-order valence-electron chi connectivity index (χ0n) is 5.83. The Hall–Kier alpha value is -0.0700. The fourth-order valence-electron chi connectivity index (χ4n) is 1.36. The quantitative estimate of drug-likeness (QED) is 0.477. The van der Waals surface area contributed by atoms with Crippen LogP contribution in [0.4, 0.5) is 4.39 Å². The second-order valence-corrected chi connectivity index (χ2v) is 2.80. The van der Waals surface area contributed by atoms with E-state index in [1.54, 1.807) is 0 Å². The van der Waals surface area contributed by atoms with Crippen molar-refractivity contribution in [2.24, 2.45) is 0 Å². The van der Waals surface area contributed by atoms with Gasteiger partial charge < -0.3 is 0 Å². The summed E-state index contributed by atoms with van der Waals surface area (Å²) in [6.07, 6.45) is 7.17. The van der Waals surface area contributed by atoms with E-state index in [1.165, 1.54) is 25.7 Å². The Morgan fingerprint density at radius 1 is 1.00 bits per heavy atom. The van der Waals surface area contributed by atoms with Crippen molar-refractivity contribution in [1.29, 1.82) is 0 Å². The van der Waals surface area contributed by atoms with Gasteiger partial charge in [0.1, 0.15) is 0 Å². The highest BCUT2D eigenvalue weighted by Gasteiger charge is 2.11. The molecule has 0 amide bonds. The summed E-state index contributed by atoms with van der Waals surface area (Å²) in [5.74, 6) is 1.15. The van der Waals surface area contributed by atoms with Gasteiger partial charge in [-0.15, -0.1) is 0 Å². The van der Waals surface area contributed by atoms with E-state index in [2.05, 4.69) is 0 Å². The van der Waals surface area contributed by atoms with E-state index in [1.807, 2.05) is 0 Å². The predicted molar refractivity (Wildman–Crippen MR) is 36.9 cm³/mol. The normalized spacial score (nSPS) is 23.7. The maximum Gasteiger partial charge on any atom is 0.0956 e. The second-order valence-electron chi connectivity index (χ2n) is 2.80. The largest absolute Gasteiger partial charge is 0.250 e. The van der Waals surface area contributed by atoms with E-state index in [0.29, 0.717) is 0 Å². The molecule has 0 saturated heterocycles. The molecular formula is C8H14F. The Morgan fingerprint density at radius 2 is 1.56 bits per heavy atom. The number of halogens is 1. The molecule has 0 atom stereocenters. The molecule has 1 rings (SSSR count). The SMILES string of the molecule is FC[C]1CCCCCC1. The minimum atomic E-state index is -0.167. The lowest BCUT2D eigenvalue weighted by Gasteiger charge is -2.05. The van der Waals surface area contributed by atoms with Crippen LogP contribution in [0.15, 0.2) is 0 Å². The van der Waals surface area contributed by atoms with Gasteiger partial charge in [0, 0.05) is 5.92 Å². The maximum atomic E-state index is 12.0. The Labute approximate surface area is 56.5 Å². The zero-order valence-corrected chi connectivity index (χ0v) is 5.83. The molecule has 9 heavy (non-hydrogen) atoms. The van der Waals surface area contributed by atoms with Crippen molar-refractivity contribution < 1.29 is 4.39 Å². The maximum absolute atomic E-state index is 12.0. The highest BCUT2D eigenvalue weighted by molar-refractivity contribution is 4.90. The third-order valence-electron chi connectivity index (χ3n) is 2.00. The predicted octanol–water partition coefficient (Wildman–Crippen LogP) is 2.88. The Kier molecular flexibility index (Phi) is 3.02. The molecule has 1 fully saturated rings. The summed E-state index contributed by atoms with van der Waals surface area (Å²) in [5, 5.41) is 0. The van der Waals surface area contributed by atoms with Crippen molar-refractivity contribution in [2.45, 2.75) is 38.5 Å². The Balaban J connectivity index is 2.18. The van der Waals surface area contributed by atoms with Gasteiger partial charge in [0.15, 0.2) is 0 Å². The molecule has 0 aromatic carbocycles. The molecule has 53 valence electrons. The average molecular weight is 129 g/mol. The van der Waals surface area contributed by atoms with E-state index in [4.69, 9.17) is 0 Å². The molecule has 0 aromatic rings. The second kappa shape index (κ2) is 3.86. The zero-order chi connectivity index (χ0) is 6.53. The van der Waals surface area contributed by atoms with Crippen LogP contribution in [-0.2, 0) is 0 Å². The van der Waals surface area contributed by atoms with Crippen molar-refractivity contribution in [3.05, 3.63) is 5.92 Å². The smallest absolute Gasteiger partial charge is 0.0956 e. The van der Waals surface area contributed by atoms with Crippen LogP contribution in [0.25, 0.3) is 0 Å². The number of hydrogen-bond acceptors (Lipinski definition) is 0. The highest BCUT2D eigenvalue weighted by Crippen LogP contribution is 2.24. The molecule has 0 heterocycles. The number of rotatable bonds is 1. The minimum absolute atomic E-state index is 0.167. The lowest BCUT2D eigenvalue weighted by atomic mass is 10.0. The Morgan fingerprint density at radius 3 is 2.00 bits per heavy atom. The summed E-state index contributed by atoms with van der Waals surface area (Å²) in [7, 11) is 0. The monoisotopic (exact) mass is 129 g/mol. The van der Waals surface area contributed by atoms with Crippen LogP contribution in [0.5, 0.6) is 0 Å². The Bertz CT molecular complexity index is 63.0. The van der Waals surface area contributed by atoms with Crippen LogP contribution in [0.2, 0.25) is 0 Å². The summed E-state index contributed by atoms with van der Waals surface area (Å²) in [6.45, 7) is -0.167. The molecule has 0 bridgehead atoms. The van der Waals surface area contributed by atoms with Gasteiger partial charge in [-0.25, -0.2) is 0 Å². The van der Waals surface area contributed by atoms with Gasteiger partial charge in [-0.1, -0.05) is 25.7 Å². The van der Waals surface area contributed by atoms with Crippen LogP contribution in [0, 0.1) is 5.92 Å². The van der Waals surface area contributed by atoms with Gasteiger partial charge in [-0.2, -0.15) is 0 Å². The van der Waals surface area contributed by atoms with Crippen molar-refractivity contribution in [3.63, 3.8) is 0 Å². The molecular weight excluding hydrogens is 115 g/mol. The lowest BCUT2D eigenvalue weighted by Crippen LogP contribution is -1.96. The van der Waals surface area contributed by atoms with Gasteiger partial charge in [-0.3, -0.25) is 4.39 Å². The first-order chi connectivity index (χ1) is 4.43. The highest BCUT2D eigenvalue weighted by atomic mass is 19.1. The first-order valence-corrected chi connectivity index (χ1v) is 3.83. The molecule has 1 heteroatoms. The molecule has 1 saturated carbocycles. The van der Waals surface area contributed by atoms with Crippen molar-refractivity contribution in [2.75, 3.05) is 6.67 Å². The first-order valence-electron chi connectivity index (χ1n) is 3.83. The van der Waals surface area contributed by atoms with E-state index < -0.39 is 0 Å². The molecule has 1 aliphatic rings. The summed E-state index contributed by atoms with van der Waals surface area (Å²) < 4.78 is 12.0. The van der Waals surface area contributed by atoms with Gasteiger partial charge in [0.25, 0.3) is 0 Å². The van der Waals surface area contributed by atoms with E-state index >= 15 is 0 Å². The van der Waals surface area contributed by atoms with Gasteiger partial charge in [0.05, 0.1) is 6.67 Å². The van der Waals surface area contributed by atoms with Crippen LogP contribution >= 0.6 is 0 Å². The van der Waals surface area contributed by atoms with Gasteiger partial charge in [0.2, 0.25) is 0 Å². The summed E-state index contributed by atoms with van der Waals surface area (Å²) >= 11 is 0. The number of hydrogen-bond donors (Lipinski definition) is 0. The minimum Gasteiger partial charge on any atom is -0.250 e. The number of alkyl halides is 1. The molecule has 0 aliphatic heterocycles. The van der Waals surface area contributed by atoms with Crippen molar-refractivity contribution in [1.82, 2.24) is 0 Å². The molecule has 0 unspecified atom stereocenters. The van der Waals surface area contributed by atoms with Gasteiger partial charge >= 0.3 is 0 Å². The summed E-state index contributed by atoms with van der Waals surface area (Å²) in [6, 6.07) is 0. The molecule has 0 aromatic heterocycles. The summed E-state index contributed by atoms with van der Waals surface area (Å²) in [4.78, 5) is 0. The molecule has 1 aliphatic carbocycles.